The first-order valence-electron chi connectivity index (χ1n) is 4.38. The Labute approximate surface area is 82.7 Å². The minimum absolute atomic E-state index is 0.0722. The number of hydrogen-bond donors (Lipinski definition) is 0. The fourth-order valence-electron chi connectivity index (χ4n) is 1.54. The molecule has 3 heteroatoms. The number of rotatable bonds is 3. The third-order valence-corrected chi connectivity index (χ3v) is 2.62. The van der Waals surface area contributed by atoms with Gasteiger partial charge in [-0.25, -0.2) is 0 Å². The third kappa shape index (κ3) is 2.71. The lowest BCUT2D eigenvalue weighted by Gasteiger charge is -2.24. The molecule has 1 rings (SSSR count). The summed E-state index contributed by atoms with van der Waals surface area (Å²) in [6.07, 6.45) is 2.19. The van der Waals surface area contributed by atoms with Crippen LogP contribution in [0.4, 0.5) is 0 Å². The molecule has 0 saturated carbocycles. The fraction of sp³-hybridized carbons (Fsp3) is 1.00. The predicted molar refractivity (Wildman–Crippen MR) is 52.5 cm³/mol. The summed E-state index contributed by atoms with van der Waals surface area (Å²) in [7, 11) is 0. The van der Waals surface area contributed by atoms with Crippen LogP contribution < -0.4 is 0 Å². The first kappa shape index (κ1) is 10.5. The molecule has 0 amide bonds. The second-order valence-electron chi connectivity index (χ2n) is 4.03. The van der Waals surface area contributed by atoms with Gasteiger partial charge in [0.25, 0.3) is 0 Å². The van der Waals surface area contributed by atoms with Crippen molar-refractivity contribution < 1.29 is 9.47 Å². The minimum Gasteiger partial charge on any atom is -0.348 e. The molecule has 0 aromatic rings. The molecule has 0 bridgehead atoms. The lowest BCUT2D eigenvalue weighted by Crippen LogP contribution is -2.30. The van der Waals surface area contributed by atoms with Gasteiger partial charge in [-0.1, -0.05) is 15.9 Å². The van der Waals surface area contributed by atoms with Crippen molar-refractivity contribution in [1.29, 1.82) is 0 Å². The molecule has 0 aromatic carbocycles. The molecule has 0 aromatic heterocycles. The Morgan fingerprint density at radius 1 is 1.33 bits per heavy atom. The van der Waals surface area contributed by atoms with Gasteiger partial charge >= 0.3 is 0 Å². The minimum atomic E-state index is -0.388. The van der Waals surface area contributed by atoms with Crippen molar-refractivity contribution in [3.8, 4) is 0 Å². The Morgan fingerprint density at radius 3 is 2.42 bits per heavy atom. The van der Waals surface area contributed by atoms with Crippen LogP contribution in [0, 0.1) is 0 Å². The highest BCUT2D eigenvalue weighted by atomic mass is 79.9. The van der Waals surface area contributed by atoms with E-state index in [1.54, 1.807) is 0 Å². The van der Waals surface area contributed by atoms with Gasteiger partial charge in [0.15, 0.2) is 5.79 Å². The van der Waals surface area contributed by atoms with Crippen molar-refractivity contribution >= 4 is 15.9 Å². The van der Waals surface area contributed by atoms with E-state index < -0.39 is 0 Å². The molecule has 1 saturated heterocycles. The van der Waals surface area contributed by atoms with E-state index >= 15 is 0 Å². The molecule has 1 heterocycles. The zero-order valence-corrected chi connectivity index (χ0v) is 9.61. The van der Waals surface area contributed by atoms with Crippen LogP contribution in [0.2, 0.25) is 0 Å². The Bertz CT molecular complexity index is 159. The van der Waals surface area contributed by atoms with Crippen LogP contribution in [-0.2, 0) is 9.47 Å². The normalized spacial score (nSPS) is 34.0. The SMILES string of the molecule is CC1(C)OC[C@](C)(CCCBr)O1. The van der Waals surface area contributed by atoms with Crippen LogP contribution in [0.3, 0.4) is 0 Å². The molecule has 1 atom stereocenters. The van der Waals surface area contributed by atoms with Gasteiger partial charge in [0.05, 0.1) is 12.2 Å². The first-order valence-corrected chi connectivity index (χ1v) is 5.50. The number of halogens is 1. The van der Waals surface area contributed by atoms with Gasteiger partial charge in [-0.2, -0.15) is 0 Å². The molecule has 0 radical (unpaired) electrons. The summed E-state index contributed by atoms with van der Waals surface area (Å²) in [6.45, 7) is 6.76. The monoisotopic (exact) mass is 236 g/mol. The maximum Gasteiger partial charge on any atom is 0.163 e. The molecule has 72 valence electrons. The van der Waals surface area contributed by atoms with Crippen LogP contribution in [0.1, 0.15) is 33.6 Å². The van der Waals surface area contributed by atoms with Crippen LogP contribution in [0.25, 0.3) is 0 Å². The molecule has 1 aliphatic heterocycles. The van der Waals surface area contributed by atoms with E-state index in [4.69, 9.17) is 9.47 Å². The van der Waals surface area contributed by atoms with Crippen LogP contribution in [0.15, 0.2) is 0 Å². The Balaban J connectivity index is 2.41. The van der Waals surface area contributed by atoms with E-state index in [2.05, 4.69) is 22.9 Å². The molecule has 0 spiro atoms. The van der Waals surface area contributed by atoms with Gasteiger partial charge in [-0.3, -0.25) is 0 Å². The summed E-state index contributed by atoms with van der Waals surface area (Å²) < 4.78 is 11.3. The summed E-state index contributed by atoms with van der Waals surface area (Å²) in [5.74, 6) is -0.388. The van der Waals surface area contributed by atoms with Crippen molar-refractivity contribution in [2.24, 2.45) is 0 Å². The number of hydrogen-bond acceptors (Lipinski definition) is 2. The Kier molecular flexibility index (Phi) is 3.18. The smallest absolute Gasteiger partial charge is 0.163 e. The lowest BCUT2D eigenvalue weighted by atomic mass is 10.0. The highest BCUT2D eigenvalue weighted by Crippen LogP contribution is 2.33. The molecule has 0 N–H and O–H groups in total. The van der Waals surface area contributed by atoms with Gasteiger partial charge in [0.2, 0.25) is 0 Å². The second kappa shape index (κ2) is 3.64. The maximum atomic E-state index is 5.80. The molecule has 2 nitrogen and oxygen atoms in total. The lowest BCUT2D eigenvalue weighted by molar-refractivity contribution is -0.158. The van der Waals surface area contributed by atoms with Gasteiger partial charge < -0.3 is 9.47 Å². The van der Waals surface area contributed by atoms with Crippen LogP contribution >= 0.6 is 15.9 Å². The van der Waals surface area contributed by atoms with E-state index in [1.807, 2.05) is 13.8 Å². The third-order valence-electron chi connectivity index (χ3n) is 2.06. The Morgan fingerprint density at radius 2 is 2.00 bits per heavy atom. The number of alkyl halides is 1. The largest absolute Gasteiger partial charge is 0.348 e. The average Bonchev–Trinajstić information content (AvgIpc) is 2.23. The zero-order chi connectivity index (χ0) is 9.24. The summed E-state index contributed by atoms with van der Waals surface area (Å²) in [4.78, 5) is 0. The average molecular weight is 237 g/mol. The van der Waals surface area contributed by atoms with E-state index in [1.165, 1.54) is 0 Å². The second-order valence-corrected chi connectivity index (χ2v) is 4.83. The molecule has 0 aliphatic carbocycles. The van der Waals surface area contributed by atoms with Crippen molar-refractivity contribution in [1.82, 2.24) is 0 Å². The van der Waals surface area contributed by atoms with E-state index in [-0.39, 0.29) is 11.4 Å². The van der Waals surface area contributed by atoms with Crippen molar-refractivity contribution in [3.63, 3.8) is 0 Å². The first-order chi connectivity index (χ1) is 5.47. The Hall–Kier alpha value is 0.400. The molecule has 12 heavy (non-hydrogen) atoms. The molecular weight excluding hydrogens is 220 g/mol. The highest BCUT2D eigenvalue weighted by Gasteiger charge is 2.41. The summed E-state index contributed by atoms with van der Waals surface area (Å²) >= 11 is 3.41. The topological polar surface area (TPSA) is 18.5 Å². The molecule has 1 fully saturated rings. The van der Waals surface area contributed by atoms with E-state index in [0.717, 1.165) is 18.2 Å². The van der Waals surface area contributed by atoms with Crippen LogP contribution in [-0.4, -0.2) is 23.3 Å². The molecule has 0 unspecified atom stereocenters. The molecule has 1 aliphatic rings. The maximum absolute atomic E-state index is 5.80. The zero-order valence-electron chi connectivity index (χ0n) is 8.02. The summed E-state index contributed by atoms with van der Waals surface area (Å²) in [5.41, 5.74) is -0.0722. The van der Waals surface area contributed by atoms with Gasteiger partial charge in [0, 0.05) is 5.33 Å². The van der Waals surface area contributed by atoms with Gasteiger partial charge in [0.1, 0.15) is 0 Å². The quantitative estimate of drug-likeness (QED) is 0.702. The van der Waals surface area contributed by atoms with Crippen molar-refractivity contribution in [2.45, 2.75) is 45.0 Å². The highest BCUT2D eigenvalue weighted by molar-refractivity contribution is 9.09. The van der Waals surface area contributed by atoms with E-state index in [9.17, 15) is 0 Å². The van der Waals surface area contributed by atoms with Crippen LogP contribution in [0.5, 0.6) is 0 Å². The summed E-state index contributed by atoms with van der Waals surface area (Å²) in [5, 5.41) is 1.03. The van der Waals surface area contributed by atoms with E-state index in [0.29, 0.717) is 6.61 Å². The van der Waals surface area contributed by atoms with Crippen molar-refractivity contribution in [2.75, 3.05) is 11.9 Å². The fourth-order valence-corrected chi connectivity index (χ4v) is 1.82. The molecular formula is C9H17BrO2. The van der Waals surface area contributed by atoms with Gasteiger partial charge in [-0.15, -0.1) is 0 Å². The number of ether oxygens (including phenoxy) is 2. The van der Waals surface area contributed by atoms with Crippen molar-refractivity contribution in [3.05, 3.63) is 0 Å². The standard InChI is InChI=1S/C9H17BrO2/c1-8(2)11-7-9(3,12-8)5-4-6-10/h4-7H2,1-3H3/t9-/m0/s1. The van der Waals surface area contributed by atoms with Gasteiger partial charge in [-0.05, 0) is 33.6 Å². The summed E-state index contributed by atoms with van der Waals surface area (Å²) in [6, 6.07) is 0. The predicted octanol–water partition coefficient (Wildman–Crippen LogP) is 2.70.